The molecule has 4 saturated carbocycles. The molecule has 1 aromatic heterocycles. The van der Waals surface area contributed by atoms with Gasteiger partial charge in [-0.25, -0.2) is 0 Å². The molecule has 0 radical (unpaired) electrons. The Bertz CT molecular complexity index is 802. The van der Waals surface area contributed by atoms with Crippen LogP contribution in [0.15, 0.2) is 12.4 Å². The Labute approximate surface area is 180 Å². The average Bonchev–Trinajstić information content (AvgIpc) is 3.30. The van der Waals surface area contributed by atoms with Crippen LogP contribution in [0.1, 0.15) is 71.6 Å². The number of nitrogens with zero attached hydrogens (tertiary/aromatic N) is 2. The van der Waals surface area contributed by atoms with Gasteiger partial charge >= 0.3 is 0 Å². The highest BCUT2D eigenvalue weighted by atomic mass is 16.5. The first-order valence-electron chi connectivity index (χ1n) is 12.1. The molecule has 4 aliphatic carbocycles. The first-order chi connectivity index (χ1) is 14.3. The topological polar surface area (TPSA) is 64.4 Å². The summed E-state index contributed by atoms with van der Waals surface area (Å²) in [6.07, 6.45) is 14.0. The smallest absolute Gasteiger partial charge is 0.157 e. The van der Waals surface area contributed by atoms with E-state index < -0.39 is 5.60 Å². The molecule has 5 heteroatoms. The molecule has 0 amide bonds. The van der Waals surface area contributed by atoms with Gasteiger partial charge in [-0.05, 0) is 99.7 Å². The normalized spacial score (nSPS) is 45.3. The lowest BCUT2D eigenvalue weighted by Gasteiger charge is -2.56. The molecule has 8 atom stereocenters. The van der Waals surface area contributed by atoms with E-state index in [1.54, 1.807) is 18.0 Å². The van der Waals surface area contributed by atoms with Gasteiger partial charge in [0, 0.05) is 5.92 Å². The number of methoxy groups -OCH3 is 1. The fourth-order valence-electron chi connectivity index (χ4n) is 8.42. The first kappa shape index (κ1) is 20.5. The van der Waals surface area contributed by atoms with Crippen LogP contribution in [-0.2, 0) is 11.3 Å². The number of hydrogen-bond acceptors (Lipinski definition) is 4. The van der Waals surface area contributed by atoms with Gasteiger partial charge in [0.25, 0.3) is 0 Å². The molecule has 0 saturated heterocycles. The Morgan fingerprint density at radius 1 is 1.13 bits per heavy atom. The Morgan fingerprint density at radius 2 is 1.93 bits per heavy atom. The highest BCUT2D eigenvalue weighted by Gasteiger charge is 2.58. The Morgan fingerprint density at radius 3 is 2.70 bits per heavy atom. The molecule has 4 fully saturated rings. The highest BCUT2D eigenvalue weighted by molar-refractivity contribution is 5.82. The lowest BCUT2D eigenvalue weighted by atomic mass is 9.49. The zero-order valence-electron chi connectivity index (χ0n) is 18.8. The van der Waals surface area contributed by atoms with Crippen LogP contribution in [0.3, 0.4) is 0 Å². The third-order valence-corrected chi connectivity index (χ3v) is 9.79. The molecule has 0 bridgehead atoms. The number of Topliss-reactive ketones (excluding diaryl/α,β-unsaturated/α-hetero) is 1. The van der Waals surface area contributed by atoms with E-state index in [-0.39, 0.29) is 11.3 Å². The minimum atomic E-state index is -0.447. The summed E-state index contributed by atoms with van der Waals surface area (Å²) < 4.78 is 6.95. The van der Waals surface area contributed by atoms with Gasteiger partial charge in [-0.2, -0.15) is 5.10 Å². The number of fused-ring (bicyclic) bond motifs is 5. The summed E-state index contributed by atoms with van der Waals surface area (Å²) in [5.74, 6) is 5.06. The van der Waals surface area contributed by atoms with Crippen LogP contribution in [0.5, 0.6) is 5.75 Å². The molecule has 0 unspecified atom stereocenters. The summed E-state index contributed by atoms with van der Waals surface area (Å²) in [5, 5.41) is 14.9. The van der Waals surface area contributed by atoms with Crippen LogP contribution in [0.4, 0.5) is 0 Å². The molecule has 0 aliphatic heterocycles. The van der Waals surface area contributed by atoms with E-state index >= 15 is 0 Å². The summed E-state index contributed by atoms with van der Waals surface area (Å²) in [4.78, 5) is 13.3. The van der Waals surface area contributed by atoms with Crippen LogP contribution in [-0.4, -0.2) is 33.4 Å². The molecule has 5 rings (SSSR count). The van der Waals surface area contributed by atoms with Gasteiger partial charge in [0.1, 0.15) is 0 Å². The number of ether oxygens (including phenoxy) is 1. The van der Waals surface area contributed by atoms with E-state index in [1.807, 2.05) is 13.1 Å². The Balaban J connectivity index is 1.30. The van der Waals surface area contributed by atoms with Crippen molar-refractivity contribution in [1.29, 1.82) is 0 Å². The van der Waals surface area contributed by atoms with Crippen molar-refractivity contribution in [1.82, 2.24) is 9.78 Å². The van der Waals surface area contributed by atoms with Crippen molar-refractivity contribution in [2.24, 2.45) is 40.9 Å². The van der Waals surface area contributed by atoms with E-state index in [4.69, 9.17) is 4.74 Å². The molecule has 1 aromatic rings. The third-order valence-electron chi connectivity index (χ3n) is 9.79. The minimum Gasteiger partial charge on any atom is -0.493 e. The van der Waals surface area contributed by atoms with Gasteiger partial charge in [0.05, 0.1) is 31.6 Å². The molecule has 166 valence electrons. The van der Waals surface area contributed by atoms with Gasteiger partial charge in [-0.15, -0.1) is 0 Å². The van der Waals surface area contributed by atoms with Crippen molar-refractivity contribution in [3.8, 4) is 5.75 Å². The standard InChI is InChI=1S/C25H38N2O3/c1-24(29)10-8-18-16(12-24)4-5-20-19(18)9-11-25(2)21(20)6-7-22(25)23(28)15-27-14-17(30-3)13-26-27/h13-14,16,18-22,29H,4-12,15H2,1-3H3/t16-,18+,19-,20-,21+,22-,24-,25+/m1/s1. The van der Waals surface area contributed by atoms with Crippen molar-refractivity contribution < 1.29 is 14.6 Å². The van der Waals surface area contributed by atoms with E-state index in [2.05, 4.69) is 12.0 Å². The molecule has 1 heterocycles. The maximum Gasteiger partial charge on any atom is 0.157 e. The van der Waals surface area contributed by atoms with E-state index in [0.717, 1.165) is 37.0 Å². The summed E-state index contributed by atoms with van der Waals surface area (Å²) in [6.45, 7) is 4.82. The van der Waals surface area contributed by atoms with Crippen LogP contribution in [0.2, 0.25) is 0 Å². The van der Waals surface area contributed by atoms with Crippen molar-refractivity contribution in [3.63, 3.8) is 0 Å². The quantitative estimate of drug-likeness (QED) is 0.789. The van der Waals surface area contributed by atoms with Crippen molar-refractivity contribution >= 4 is 5.78 Å². The minimum absolute atomic E-state index is 0.155. The van der Waals surface area contributed by atoms with E-state index in [9.17, 15) is 9.90 Å². The molecule has 0 aromatic carbocycles. The zero-order chi connectivity index (χ0) is 21.1. The largest absolute Gasteiger partial charge is 0.493 e. The number of aliphatic hydroxyl groups is 1. The monoisotopic (exact) mass is 414 g/mol. The molecule has 30 heavy (non-hydrogen) atoms. The number of carbonyl (C=O) groups is 1. The number of hydrogen-bond donors (Lipinski definition) is 1. The molecule has 5 nitrogen and oxygen atoms in total. The lowest BCUT2D eigenvalue weighted by Crippen LogP contribution is -2.51. The Kier molecular flexibility index (Phi) is 5.04. The van der Waals surface area contributed by atoms with Crippen molar-refractivity contribution in [2.45, 2.75) is 83.8 Å². The van der Waals surface area contributed by atoms with Gasteiger partial charge in [-0.1, -0.05) is 6.92 Å². The van der Waals surface area contributed by atoms with Crippen LogP contribution >= 0.6 is 0 Å². The van der Waals surface area contributed by atoms with Gasteiger partial charge in [-0.3, -0.25) is 9.48 Å². The molecule has 0 spiro atoms. The summed E-state index contributed by atoms with van der Waals surface area (Å²) in [6, 6.07) is 0. The van der Waals surface area contributed by atoms with Crippen LogP contribution in [0, 0.1) is 40.9 Å². The number of carbonyl (C=O) groups excluding carboxylic acids is 1. The van der Waals surface area contributed by atoms with Gasteiger partial charge in [0.2, 0.25) is 0 Å². The predicted molar refractivity (Wildman–Crippen MR) is 115 cm³/mol. The molecular formula is C25H38N2O3. The SMILES string of the molecule is COc1cnn(CC(=O)[C@H]2CC[C@H]3[C@@H]4CC[C@@H]5C[C@](C)(O)CC[C@@H]5[C@H]4CC[C@]23C)c1. The fourth-order valence-corrected chi connectivity index (χ4v) is 8.42. The van der Waals surface area contributed by atoms with Crippen LogP contribution < -0.4 is 4.74 Å². The van der Waals surface area contributed by atoms with Crippen molar-refractivity contribution in [2.75, 3.05) is 7.11 Å². The first-order valence-corrected chi connectivity index (χ1v) is 12.1. The van der Waals surface area contributed by atoms with E-state index in [0.29, 0.717) is 29.9 Å². The zero-order valence-corrected chi connectivity index (χ0v) is 18.8. The summed E-state index contributed by atoms with van der Waals surface area (Å²) in [5.41, 5.74) is -0.292. The molecule has 1 N–H and O–H groups in total. The van der Waals surface area contributed by atoms with Gasteiger partial charge in [0.15, 0.2) is 11.5 Å². The maximum absolute atomic E-state index is 13.3. The molecular weight excluding hydrogens is 376 g/mol. The second kappa shape index (κ2) is 7.36. The maximum atomic E-state index is 13.3. The number of ketones is 1. The molecule has 4 aliphatic rings. The van der Waals surface area contributed by atoms with E-state index in [1.165, 1.54) is 38.5 Å². The predicted octanol–water partition coefficient (Wildman–Crippen LogP) is 4.48. The van der Waals surface area contributed by atoms with Crippen molar-refractivity contribution in [3.05, 3.63) is 12.4 Å². The second-order valence-corrected chi connectivity index (χ2v) is 11.4. The van der Waals surface area contributed by atoms with Gasteiger partial charge < -0.3 is 9.84 Å². The summed E-state index contributed by atoms with van der Waals surface area (Å²) >= 11 is 0. The van der Waals surface area contributed by atoms with Crippen LogP contribution in [0.25, 0.3) is 0 Å². The highest BCUT2D eigenvalue weighted by Crippen LogP contribution is 2.64. The summed E-state index contributed by atoms with van der Waals surface area (Å²) in [7, 11) is 1.63. The second-order valence-electron chi connectivity index (χ2n) is 11.4. The fraction of sp³-hybridized carbons (Fsp3) is 0.840. The number of rotatable bonds is 4. The number of aromatic nitrogens is 2. The third kappa shape index (κ3) is 3.32. The average molecular weight is 415 g/mol. The Hall–Kier alpha value is -1.36. The lowest BCUT2D eigenvalue weighted by molar-refractivity contribution is -0.133.